The summed E-state index contributed by atoms with van der Waals surface area (Å²) < 4.78 is 0. The number of aliphatic hydroxyl groups is 1. The van der Waals surface area contributed by atoms with Gasteiger partial charge in [0.1, 0.15) is 0 Å². The minimum Gasteiger partial charge on any atom is -0.387 e. The Kier molecular flexibility index (Phi) is 4.71. The van der Waals surface area contributed by atoms with Gasteiger partial charge >= 0.3 is 0 Å². The molecule has 1 aliphatic heterocycles. The van der Waals surface area contributed by atoms with Gasteiger partial charge in [-0.15, -0.1) is 0 Å². The number of benzene rings is 1. The number of hydrogen-bond acceptors (Lipinski definition) is 3. The van der Waals surface area contributed by atoms with Crippen molar-refractivity contribution in [3.8, 4) is 0 Å². The van der Waals surface area contributed by atoms with E-state index >= 15 is 0 Å². The third-order valence-corrected chi connectivity index (χ3v) is 4.28. The number of aliphatic hydroxyl groups excluding tert-OH is 1. The molecule has 2 atom stereocenters. The molecule has 1 N–H and O–H groups in total. The first-order valence-corrected chi connectivity index (χ1v) is 7.82. The minimum absolute atomic E-state index is 0.0361. The maximum absolute atomic E-state index is 12.6. The molecule has 2 unspecified atom stereocenters. The second kappa shape index (κ2) is 6.21. The first-order chi connectivity index (χ1) is 10.2. The molecule has 0 aliphatic carbocycles. The van der Waals surface area contributed by atoms with Gasteiger partial charge in [0.25, 0.3) is 0 Å². The predicted molar refractivity (Wildman–Crippen MR) is 85.0 cm³/mol. The van der Waals surface area contributed by atoms with Crippen LogP contribution in [0.5, 0.6) is 0 Å². The Morgan fingerprint density at radius 1 is 1.23 bits per heavy atom. The molecule has 22 heavy (non-hydrogen) atoms. The van der Waals surface area contributed by atoms with Gasteiger partial charge in [-0.1, -0.05) is 50.6 Å². The lowest BCUT2D eigenvalue weighted by molar-refractivity contribution is -0.143. The van der Waals surface area contributed by atoms with Gasteiger partial charge in [-0.05, 0) is 24.8 Å². The zero-order valence-electron chi connectivity index (χ0n) is 13.8. The monoisotopic (exact) mass is 303 g/mol. The Labute approximate surface area is 132 Å². The van der Waals surface area contributed by atoms with Crippen LogP contribution in [0.15, 0.2) is 24.3 Å². The Balaban J connectivity index is 2.11. The van der Waals surface area contributed by atoms with Gasteiger partial charge in [-0.3, -0.25) is 14.5 Å². The van der Waals surface area contributed by atoms with E-state index < -0.39 is 11.5 Å². The average molecular weight is 303 g/mol. The Bertz CT molecular complexity index is 564. The highest BCUT2D eigenvalue weighted by molar-refractivity contribution is 6.05. The Morgan fingerprint density at radius 2 is 1.82 bits per heavy atom. The van der Waals surface area contributed by atoms with Crippen molar-refractivity contribution in [1.82, 2.24) is 4.90 Å². The van der Waals surface area contributed by atoms with E-state index in [0.29, 0.717) is 12.3 Å². The standard InChI is InChI=1S/C18H25NO3/c1-12(2)9-18(4)10-16(21)19(17(18)22)11-15(20)14-7-5-13(3)6-8-14/h5-8,12,15,20H,9-11H2,1-4H3. The van der Waals surface area contributed by atoms with Crippen LogP contribution in [0.1, 0.15) is 50.8 Å². The van der Waals surface area contributed by atoms with Gasteiger partial charge < -0.3 is 5.11 Å². The minimum atomic E-state index is -0.838. The van der Waals surface area contributed by atoms with E-state index in [1.165, 1.54) is 4.90 Å². The highest BCUT2D eigenvalue weighted by Crippen LogP contribution is 2.38. The smallest absolute Gasteiger partial charge is 0.235 e. The van der Waals surface area contributed by atoms with E-state index in [1.54, 1.807) is 0 Å². The molecule has 0 radical (unpaired) electrons. The van der Waals surface area contributed by atoms with Crippen LogP contribution in [-0.4, -0.2) is 28.4 Å². The number of aryl methyl sites for hydroxylation is 1. The van der Waals surface area contributed by atoms with Crippen molar-refractivity contribution in [2.24, 2.45) is 11.3 Å². The van der Waals surface area contributed by atoms with Crippen LogP contribution in [0.2, 0.25) is 0 Å². The van der Waals surface area contributed by atoms with Crippen molar-refractivity contribution in [2.75, 3.05) is 6.54 Å². The molecule has 4 nitrogen and oxygen atoms in total. The molecule has 0 bridgehead atoms. The van der Waals surface area contributed by atoms with Gasteiger partial charge in [0.15, 0.2) is 0 Å². The number of hydrogen-bond donors (Lipinski definition) is 1. The van der Waals surface area contributed by atoms with Crippen molar-refractivity contribution < 1.29 is 14.7 Å². The van der Waals surface area contributed by atoms with Crippen LogP contribution in [-0.2, 0) is 9.59 Å². The van der Waals surface area contributed by atoms with E-state index in [-0.39, 0.29) is 24.8 Å². The van der Waals surface area contributed by atoms with Gasteiger partial charge in [0, 0.05) is 6.42 Å². The quantitative estimate of drug-likeness (QED) is 0.851. The molecule has 2 rings (SSSR count). The molecular formula is C18H25NO3. The zero-order valence-corrected chi connectivity index (χ0v) is 13.8. The van der Waals surface area contributed by atoms with Gasteiger partial charge in [0.2, 0.25) is 11.8 Å². The van der Waals surface area contributed by atoms with Crippen molar-refractivity contribution in [3.63, 3.8) is 0 Å². The summed E-state index contributed by atoms with van der Waals surface area (Å²) in [5, 5.41) is 10.3. The van der Waals surface area contributed by atoms with Crippen molar-refractivity contribution in [2.45, 2.75) is 46.6 Å². The van der Waals surface area contributed by atoms with Crippen LogP contribution in [0.3, 0.4) is 0 Å². The third kappa shape index (κ3) is 3.38. The van der Waals surface area contributed by atoms with Crippen LogP contribution < -0.4 is 0 Å². The summed E-state index contributed by atoms with van der Waals surface area (Å²) in [7, 11) is 0. The summed E-state index contributed by atoms with van der Waals surface area (Å²) in [6.45, 7) is 7.96. The summed E-state index contributed by atoms with van der Waals surface area (Å²) in [6.07, 6.45) is 0.0918. The largest absolute Gasteiger partial charge is 0.387 e. The highest BCUT2D eigenvalue weighted by atomic mass is 16.3. The first-order valence-electron chi connectivity index (χ1n) is 7.82. The lowest BCUT2D eigenvalue weighted by Crippen LogP contribution is -2.37. The fourth-order valence-electron chi connectivity index (χ4n) is 3.26. The molecule has 1 aromatic rings. The molecular weight excluding hydrogens is 278 g/mol. The number of β-amino-alcohol motifs (C(OH)–C–C–N with tert-alkyl or cyclic N) is 1. The topological polar surface area (TPSA) is 57.6 Å². The normalized spacial score (nSPS) is 23.5. The van der Waals surface area contributed by atoms with Crippen molar-refractivity contribution in [1.29, 1.82) is 0 Å². The molecule has 4 heteroatoms. The molecule has 1 aliphatic rings. The Morgan fingerprint density at radius 3 is 2.36 bits per heavy atom. The van der Waals surface area contributed by atoms with E-state index in [9.17, 15) is 14.7 Å². The van der Waals surface area contributed by atoms with Gasteiger partial charge in [-0.2, -0.15) is 0 Å². The molecule has 0 spiro atoms. The molecule has 1 fully saturated rings. The first kappa shape index (κ1) is 16.7. The summed E-state index contributed by atoms with van der Waals surface area (Å²) in [4.78, 5) is 26.0. The molecule has 2 amide bonds. The molecule has 120 valence electrons. The molecule has 0 aromatic heterocycles. The van der Waals surface area contributed by atoms with Gasteiger partial charge in [0.05, 0.1) is 18.1 Å². The zero-order chi connectivity index (χ0) is 16.5. The van der Waals surface area contributed by atoms with E-state index in [2.05, 4.69) is 0 Å². The van der Waals surface area contributed by atoms with E-state index in [4.69, 9.17) is 0 Å². The number of imide groups is 1. The number of nitrogens with zero attached hydrogens (tertiary/aromatic N) is 1. The number of carbonyl (C=O) groups excluding carboxylic acids is 2. The third-order valence-electron chi connectivity index (χ3n) is 4.28. The van der Waals surface area contributed by atoms with Gasteiger partial charge in [-0.25, -0.2) is 0 Å². The number of carbonyl (C=O) groups is 2. The van der Waals surface area contributed by atoms with Crippen LogP contribution >= 0.6 is 0 Å². The predicted octanol–water partition coefficient (Wildman–Crippen LogP) is 2.84. The summed E-state index contributed by atoms with van der Waals surface area (Å²) in [5.41, 5.74) is 1.20. The lowest BCUT2D eigenvalue weighted by atomic mass is 9.80. The molecule has 1 heterocycles. The SMILES string of the molecule is Cc1ccc(C(O)CN2C(=O)CC(C)(CC(C)C)C2=O)cc1. The summed E-state index contributed by atoms with van der Waals surface area (Å²) >= 11 is 0. The average Bonchev–Trinajstić information content (AvgIpc) is 2.62. The van der Waals surface area contributed by atoms with E-state index in [1.807, 2.05) is 52.0 Å². The second-order valence-corrected chi connectivity index (χ2v) is 7.07. The number of rotatable bonds is 5. The fraction of sp³-hybridized carbons (Fsp3) is 0.556. The van der Waals surface area contributed by atoms with Crippen LogP contribution in [0.4, 0.5) is 0 Å². The van der Waals surface area contributed by atoms with Crippen molar-refractivity contribution >= 4 is 11.8 Å². The molecule has 1 saturated heterocycles. The number of likely N-dealkylation sites (tertiary alicyclic amines) is 1. The molecule has 1 aromatic carbocycles. The number of amides is 2. The molecule has 0 saturated carbocycles. The summed E-state index contributed by atoms with van der Waals surface area (Å²) in [6, 6.07) is 7.49. The second-order valence-electron chi connectivity index (χ2n) is 7.07. The maximum Gasteiger partial charge on any atom is 0.235 e. The van der Waals surface area contributed by atoms with E-state index in [0.717, 1.165) is 11.1 Å². The lowest BCUT2D eigenvalue weighted by Gasteiger charge is -2.25. The Hall–Kier alpha value is -1.68. The summed E-state index contributed by atoms with van der Waals surface area (Å²) in [5.74, 6) is 0.0143. The maximum atomic E-state index is 12.6. The fourth-order valence-corrected chi connectivity index (χ4v) is 3.26. The van der Waals surface area contributed by atoms with Crippen LogP contribution in [0.25, 0.3) is 0 Å². The van der Waals surface area contributed by atoms with Crippen molar-refractivity contribution in [3.05, 3.63) is 35.4 Å². The van der Waals surface area contributed by atoms with Crippen LogP contribution in [0, 0.1) is 18.3 Å². The highest BCUT2D eigenvalue weighted by Gasteiger charge is 2.48.